The highest BCUT2D eigenvalue weighted by Gasteiger charge is 2.20. The van der Waals surface area contributed by atoms with Crippen LogP contribution >= 0.6 is 0 Å². The number of hydrogen-bond donors (Lipinski definition) is 2. The molecule has 0 radical (unpaired) electrons. The molecule has 140 valence electrons. The topological polar surface area (TPSA) is 52.6 Å². The fraction of sp³-hybridized carbons (Fsp3) is 0.700. The van der Waals surface area contributed by atoms with Crippen LogP contribution in [0.3, 0.4) is 0 Å². The standard InChI is InChI=1S/C20H35N5/c1-4-21-20(24-12-9-19-8-5-6-10-22-19)23-11-7-13-25-15-17(2)14-18(3)16-25/h5-6,8,10,17-18H,4,7,9,11-16H2,1-3H3,(H2,21,23,24). The Morgan fingerprint density at radius 2 is 2.04 bits per heavy atom. The third kappa shape index (κ3) is 7.86. The molecule has 2 atom stereocenters. The van der Waals surface area contributed by atoms with Gasteiger partial charge < -0.3 is 15.5 Å². The molecule has 0 saturated carbocycles. The first-order valence-corrected chi connectivity index (χ1v) is 9.81. The van der Waals surface area contributed by atoms with E-state index in [4.69, 9.17) is 4.99 Å². The molecule has 2 unspecified atom stereocenters. The van der Waals surface area contributed by atoms with Gasteiger partial charge in [-0.2, -0.15) is 0 Å². The molecule has 25 heavy (non-hydrogen) atoms. The smallest absolute Gasteiger partial charge is 0.191 e. The van der Waals surface area contributed by atoms with Gasteiger partial charge in [-0.1, -0.05) is 19.9 Å². The zero-order chi connectivity index (χ0) is 17.9. The van der Waals surface area contributed by atoms with Gasteiger partial charge in [0.1, 0.15) is 0 Å². The van der Waals surface area contributed by atoms with E-state index in [9.17, 15) is 0 Å². The van der Waals surface area contributed by atoms with Crippen LogP contribution in [0.25, 0.3) is 0 Å². The minimum atomic E-state index is 0.831. The number of nitrogens with zero attached hydrogens (tertiary/aromatic N) is 3. The largest absolute Gasteiger partial charge is 0.357 e. The van der Waals surface area contributed by atoms with Crippen LogP contribution in [0.2, 0.25) is 0 Å². The van der Waals surface area contributed by atoms with Crippen molar-refractivity contribution in [3.05, 3.63) is 30.1 Å². The van der Waals surface area contributed by atoms with E-state index in [2.05, 4.69) is 47.4 Å². The van der Waals surface area contributed by atoms with Gasteiger partial charge in [0, 0.05) is 51.0 Å². The summed E-state index contributed by atoms with van der Waals surface area (Å²) < 4.78 is 0. The van der Waals surface area contributed by atoms with Gasteiger partial charge in [0.15, 0.2) is 5.96 Å². The molecule has 1 aliphatic heterocycles. The summed E-state index contributed by atoms with van der Waals surface area (Å²) in [6.07, 6.45) is 5.25. The molecular weight excluding hydrogens is 310 g/mol. The molecule has 2 rings (SSSR count). The Kier molecular flexibility index (Phi) is 8.73. The van der Waals surface area contributed by atoms with Gasteiger partial charge in [-0.05, 0) is 50.3 Å². The minimum Gasteiger partial charge on any atom is -0.357 e. The van der Waals surface area contributed by atoms with Gasteiger partial charge in [0.25, 0.3) is 0 Å². The number of guanidine groups is 1. The molecule has 1 aromatic rings. The van der Waals surface area contributed by atoms with Crippen LogP contribution in [0.5, 0.6) is 0 Å². The summed E-state index contributed by atoms with van der Waals surface area (Å²) in [5.41, 5.74) is 1.11. The number of pyridine rings is 1. The Bertz CT molecular complexity index is 492. The fourth-order valence-electron chi connectivity index (χ4n) is 3.66. The Morgan fingerprint density at radius 1 is 1.24 bits per heavy atom. The molecule has 1 aromatic heterocycles. The Labute approximate surface area is 153 Å². The molecule has 0 spiro atoms. The molecule has 1 fully saturated rings. The lowest BCUT2D eigenvalue weighted by atomic mass is 9.92. The third-order valence-electron chi connectivity index (χ3n) is 4.59. The molecule has 1 saturated heterocycles. The van der Waals surface area contributed by atoms with Crippen LogP contribution in [0.1, 0.15) is 39.3 Å². The number of aliphatic imine (C=N–C) groups is 1. The number of likely N-dealkylation sites (tertiary alicyclic amines) is 1. The number of rotatable bonds is 8. The van der Waals surface area contributed by atoms with Crippen LogP contribution < -0.4 is 10.6 Å². The highest BCUT2D eigenvalue weighted by atomic mass is 15.2. The van der Waals surface area contributed by atoms with Crippen molar-refractivity contribution in [3.63, 3.8) is 0 Å². The van der Waals surface area contributed by atoms with Crippen LogP contribution in [0.4, 0.5) is 0 Å². The molecule has 5 nitrogen and oxygen atoms in total. The summed E-state index contributed by atoms with van der Waals surface area (Å²) in [4.78, 5) is 11.7. The van der Waals surface area contributed by atoms with E-state index in [0.717, 1.165) is 62.5 Å². The van der Waals surface area contributed by atoms with E-state index >= 15 is 0 Å². The van der Waals surface area contributed by atoms with Crippen molar-refractivity contribution in [1.29, 1.82) is 0 Å². The van der Waals surface area contributed by atoms with Crippen molar-refractivity contribution >= 4 is 5.96 Å². The molecule has 1 aliphatic rings. The van der Waals surface area contributed by atoms with Crippen LogP contribution in [-0.2, 0) is 6.42 Å². The fourth-order valence-corrected chi connectivity index (χ4v) is 3.66. The second-order valence-corrected chi connectivity index (χ2v) is 7.32. The lowest BCUT2D eigenvalue weighted by Crippen LogP contribution is -2.40. The maximum Gasteiger partial charge on any atom is 0.191 e. The highest BCUT2D eigenvalue weighted by Crippen LogP contribution is 2.20. The predicted molar refractivity (Wildman–Crippen MR) is 106 cm³/mol. The number of hydrogen-bond acceptors (Lipinski definition) is 3. The number of aromatic nitrogens is 1. The van der Waals surface area contributed by atoms with Gasteiger partial charge in [-0.3, -0.25) is 9.98 Å². The van der Waals surface area contributed by atoms with Crippen molar-refractivity contribution in [3.8, 4) is 0 Å². The van der Waals surface area contributed by atoms with Crippen molar-refractivity contribution < 1.29 is 0 Å². The average molecular weight is 346 g/mol. The molecule has 2 N–H and O–H groups in total. The van der Waals surface area contributed by atoms with Crippen molar-refractivity contribution in [2.75, 3.05) is 39.3 Å². The van der Waals surface area contributed by atoms with E-state index in [0.29, 0.717) is 0 Å². The van der Waals surface area contributed by atoms with E-state index in [-0.39, 0.29) is 0 Å². The Morgan fingerprint density at radius 3 is 2.72 bits per heavy atom. The average Bonchev–Trinajstić information content (AvgIpc) is 2.59. The van der Waals surface area contributed by atoms with Gasteiger partial charge in [0.2, 0.25) is 0 Å². The summed E-state index contributed by atoms with van der Waals surface area (Å²) in [6.45, 7) is 13.1. The second kappa shape index (κ2) is 11.1. The zero-order valence-corrected chi connectivity index (χ0v) is 16.2. The molecule has 5 heteroatoms. The monoisotopic (exact) mass is 345 g/mol. The van der Waals surface area contributed by atoms with Crippen molar-refractivity contribution in [2.45, 2.75) is 40.0 Å². The zero-order valence-electron chi connectivity index (χ0n) is 16.2. The summed E-state index contributed by atoms with van der Waals surface area (Å²) in [6, 6.07) is 6.04. The summed E-state index contributed by atoms with van der Waals surface area (Å²) in [5.74, 6) is 2.58. The van der Waals surface area contributed by atoms with Crippen molar-refractivity contribution in [2.24, 2.45) is 16.8 Å². The SMILES string of the molecule is CCNC(=NCCCN1CC(C)CC(C)C1)NCCc1ccccn1. The van der Waals surface area contributed by atoms with Gasteiger partial charge in [-0.15, -0.1) is 0 Å². The molecular formula is C20H35N5. The van der Waals surface area contributed by atoms with Crippen LogP contribution in [-0.4, -0.2) is 55.1 Å². The van der Waals surface area contributed by atoms with E-state index in [1.165, 1.54) is 19.5 Å². The van der Waals surface area contributed by atoms with Gasteiger partial charge in [-0.25, -0.2) is 0 Å². The van der Waals surface area contributed by atoms with Crippen LogP contribution in [0.15, 0.2) is 29.4 Å². The Hall–Kier alpha value is -1.62. The minimum absolute atomic E-state index is 0.831. The highest BCUT2D eigenvalue weighted by molar-refractivity contribution is 5.79. The first-order chi connectivity index (χ1) is 12.2. The van der Waals surface area contributed by atoms with Gasteiger partial charge >= 0.3 is 0 Å². The first kappa shape index (κ1) is 19.7. The normalized spacial score (nSPS) is 22.0. The lowest BCUT2D eigenvalue weighted by Gasteiger charge is -2.34. The third-order valence-corrected chi connectivity index (χ3v) is 4.59. The molecule has 0 amide bonds. The Balaban J connectivity index is 1.68. The quantitative estimate of drug-likeness (QED) is 0.432. The van der Waals surface area contributed by atoms with E-state index < -0.39 is 0 Å². The summed E-state index contributed by atoms with van der Waals surface area (Å²) in [5, 5.41) is 6.73. The van der Waals surface area contributed by atoms with E-state index in [1.807, 2.05) is 18.3 Å². The van der Waals surface area contributed by atoms with E-state index in [1.54, 1.807) is 0 Å². The number of nitrogens with one attached hydrogen (secondary N) is 2. The molecule has 0 aromatic carbocycles. The second-order valence-electron chi connectivity index (χ2n) is 7.32. The maximum atomic E-state index is 4.71. The summed E-state index contributed by atoms with van der Waals surface area (Å²) in [7, 11) is 0. The number of piperidine rings is 1. The molecule has 0 bridgehead atoms. The molecule has 2 heterocycles. The summed E-state index contributed by atoms with van der Waals surface area (Å²) >= 11 is 0. The van der Waals surface area contributed by atoms with Gasteiger partial charge in [0.05, 0.1) is 0 Å². The maximum absolute atomic E-state index is 4.71. The first-order valence-electron chi connectivity index (χ1n) is 9.81. The van der Waals surface area contributed by atoms with Crippen LogP contribution in [0, 0.1) is 11.8 Å². The van der Waals surface area contributed by atoms with Crippen molar-refractivity contribution in [1.82, 2.24) is 20.5 Å². The molecule has 0 aliphatic carbocycles. The predicted octanol–water partition coefficient (Wildman–Crippen LogP) is 2.55. The lowest BCUT2D eigenvalue weighted by molar-refractivity contribution is 0.140.